The molecular formula is C26H38N2O4. The summed E-state index contributed by atoms with van der Waals surface area (Å²) in [4.78, 5) is 13.5. The number of amides is 1. The summed E-state index contributed by atoms with van der Waals surface area (Å²) in [7, 11) is 1.65. The van der Waals surface area contributed by atoms with Crippen LogP contribution in [0.4, 0.5) is 4.79 Å². The van der Waals surface area contributed by atoms with Crippen LogP contribution in [0.5, 0.6) is 5.75 Å². The molecule has 6 nitrogen and oxygen atoms in total. The maximum Gasteiger partial charge on any atom is 0.408 e. The topological polar surface area (TPSA) is 82.0 Å². The third kappa shape index (κ3) is 7.53. The van der Waals surface area contributed by atoms with Gasteiger partial charge in [0.2, 0.25) is 0 Å². The van der Waals surface area contributed by atoms with Crippen molar-refractivity contribution in [2.45, 2.75) is 70.7 Å². The van der Waals surface area contributed by atoms with Crippen molar-refractivity contribution in [2.75, 3.05) is 13.7 Å². The van der Waals surface area contributed by atoms with E-state index in [2.05, 4.69) is 19.2 Å². The van der Waals surface area contributed by atoms with E-state index >= 15 is 0 Å². The molecule has 0 saturated carbocycles. The van der Waals surface area contributed by atoms with Gasteiger partial charge in [-0.05, 0) is 70.7 Å². The Balaban J connectivity index is 2.17. The lowest BCUT2D eigenvalue weighted by atomic mass is 9.92. The SMILES string of the molecule is COc1cccc(CC(C)(C)NC[C@H](O)[C@H](Cc2ccccc2)N(C(=O)O)C(C)(C)C)c1. The van der Waals surface area contributed by atoms with Gasteiger partial charge in [-0.1, -0.05) is 42.5 Å². The lowest BCUT2D eigenvalue weighted by Gasteiger charge is -2.42. The van der Waals surface area contributed by atoms with Crippen LogP contribution >= 0.6 is 0 Å². The van der Waals surface area contributed by atoms with Crippen molar-refractivity contribution in [2.24, 2.45) is 0 Å². The Kier molecular flexibility index (Phi) is 8.70. The normalized spacial score (nSPS) is 14.0. The number of carbonyl (C=O) groups is 1. The summed E-state index contributed by atoms with van der Waals surface area (Å²) in [6.45, 7) is 9.98. The molecule has 0 aliphatic rings. The Labute approximate surface area is 192 Å². The fourth-order valence-corrected chi connectivity index (χ4v) is 4.05. The van der Waals surface area contributed by atoms with Crippen LogP contribution in [-0.4, -0.2) is 58.1 Å². The number of hydrogen-bond donors (Lipinski definition) is 3. The van der Waals surface area contributed by atoms with Crippen LogP contribution in [0, 0.1) is 0 Å². The Morgan fingerprint density at radius 2 is 1.66 bits per heavy atom. The number of nitrogens with zero attached hydrogens (tertiary/aromatic N) is 1. The van der Waals surface area contributed by atoms with Crippen LogP contribution in [-0.2, 0) is 12.8 Å². The zero-order valence-electron chi connectivity index (χ0n) is 20.1. The summed E-state index contributed by atoms with van der Waals surface area (Å²) < 4.78 is 5.31. The monoisotopic (exact) mass is 442 g/mol. The van der Waals surface area contributed by atoms with E-state index < -0.39 is 23.8 Å². The smallest absolute Gasteiger partial charge is 0.408 e. The van der Waals surface area contributed by atoms with Crippen LogP contribution in [0.1, 0.15) is 45.7 Å². The molecule has 1 amide bonds. The molecule has 0 aromatic heterocycles. The van der Waals surface area contributed by atoms with Gasteiger partial charge in [0.05, 0.1) is 19.3 Å². The van der Waals surface area contributed by atoms with Crippen molar-refractivity contribution in [3.05, 3.63) is 65.7 Å². The predicted octanol–water partition coefficient (Wildman–Crippen LogP) is 4.36. The molecule has 2 aromatic carbocycles. The molecule has 0 bridgehead atoms. The van der Waals surface area contributed by atoms with Crippen molar-refractivity contribution < 1.29 is 19.7 Å². The largest absolute Gasteiger partial charge is 0.497 e. The lowest BCUT2D eigenvalue weighted by Crippen LogP contribution is -2.59. The number of carboxylic acid groups (broad SMARTS) is 1. The molecule has 0 unspecified atom stereocenters. The van der Waals surface area contributed by atoms with Crippen molar-refractivity contribution in [1.29, 1.82) is 0 Å². The third-order valence-electron chi connectivity index (χ3n) is 5.56. The molecule has 6 heteroatoms. The number of benzene rings is 2. The van der Waals surface area contributed by atoms with Gasteiger partial charge >= 0.3 is 6.09 Å². The number of ether oxygens (including phenoxy) is 1. The van der Waals surface area contributed by atoms with E-state index in [-0.39, 0.29) is 12.1 Å². The molecule has 176 valence electrons. The number of aliphatic hydroxyl groups is 1. The molecule has 0 aliphatic carbocycles. The highest BCUT2D eigenvalue weighted by Gasteiger charge is 2.37. The van der Waals surface area contributed by atoms with Gasteiger partial charge in [-0.3, -0.25) is 4.90 Å². The van der Waals surface area contributed by atoms with Gasteiger partial charge in [0.1, 0.15) is 5.75 Å². The second-order valence-corrected chi connectivity index (χ2v) is 9.94. The number of rotatable bonds is 10. The molecule has 0 radical (unpaired) electrons. The van der Waals surface area contributed by atoms with Gasteiger partial charge in [0.25, 0.3) is 0 Å². The minimum absolute atomic E-state index is 0.272. The van der Waals surface area contributed by atoms with Gasteiger partial charge in [-0.25, -0.2) is 4.79 Å². The lowest BCUT2D eigenvalue weighted by molar-refractivity contribution is 0.00554. The average Bonchev–Trinajstić information content (AvgIpc) is 2.71. The van der Waals surface area contributed by atoms with E-state index in [1.807, 2.05) is 75.4 Å². The molecule has 32 heavy (non-hydrogen) atoms. The Morgan fingerprint density at radius 3 is 2.22 bits per heavy atom. The first-order valence-corrected chi connectivity index (χ1v) is 11.0. The second-order valence-electron chi connectivity index (χ2n) is 9.94. The maximum absolute atomic E-state index is 12.2. The van der Waals surface area contributed by atoms with E-state index in [4.69, 9.17) is 4.74 Å². The number of nitrogens with one attached hydrogen (secondary N) is 1. The van der Waals surface area contributed by atoms with E-state index in [0.29, 0.717) is 6.42 Å². The van der Waals surface area contributed by atoms with Crippen LogP contribution in [0.3, 0.4) is 0 Å². The summed E-state index contributed by atoms with van der Waals surface area (Å²) in [5, 5.41) is 24.6. The molecule has 2 atom stereocenters. The van der Waals surface area contributed by atoms with Crippen LogP contribution in [0.25, 0.3) is 0 Å². The highest BCUT2D eigenvalue weighted by Crippen LogP contribution is 2.24. The molecule has 0 spiro atoms. The van der Waals surface area contributed by atoms with Gasteiger partial charge in [0.15, 0.2) is 0 Å². The highest BCUT2D eigenvalue weighted by molar-refractivity contribution is 5.66. The van der Waals surface area contributed by atoms with Crippen molar-refractivity contribution in [3.63, 3.8) is 0 Å². The molecule has 0 heterocycles. The zero-order valence-corrected chi connectivity index (χ0v) is 20.1. The van der Waals surface area contributed by atoms with E-state index in [9.17, 15) is 15.0 Å². The van der Waals surface area contributed by atoms with Crippen molar-refractivity contribution in [1.82, 2.24) is 10.2 Å². The van der Waals surface area contributed by atoms with E-state index in [1.54, 1.807) is 7.11 Å². The van der Waals surface area contributed by atoms with Crippen LogP contribution in [0.2, 0.25) is 0 Å². The molecule has 0 saturated heterocycles. The first-order chi connectivity index (χ1) is 14.9. The van der Waals surface area contributed by atoms with Crippen LogP contribution in [0.15, 0.2) is 54.6 Å². The average molecular weight is 443 g/mol. The molecular weight excluding hydrogens is 404 g/mol. The minimum atomic E-state index is -1.03. The van der Waals surface area contributed by atoms with Gasteiger partial charge < -0.3 is 20.3 Å². The first kappa shape index (κ1) is 25.7. The number of methoxy groups -OCH3 is 1. The standard InChI is InChI=1S/C26H38N2O4/c1-25(2,3)28(24(30)31)22(16-19-11-8-7-9-12-19)23(29)18-27-26(4,5)17-20-13-10-14-21(15-20)32-6/h7-15,22-23,27,29H,16-18H2,1-6H3,(H,30,31)/t22-,23-/m0/s1. The summed E-state index contributed by atoms with van der Waals surface area (Å²) >= 11 is 0. The summed E-state index contributed by atoms with van der Waals surface area (Å²) in [5.41, 5.74) is 1.16. The van der Waals surface area contributed by atoms with Crippen molar-refractivity contribution >= 4 is 6.09 Å². The summed E-state index contributed by atoms with van der Waals surface area (Å²) in [6.07, 6.45) is -0.741. The first-order valence-electron chi connectivity index (χ1n) is 11.0. The molecule has 2 aromatic rings. The fraction of sp³-hybridized carbons (Fsp3) is 0.500. The zero-order chi connectivity index (χ0) is 23.9. The number of β-amino-alcohol motifs (C(OH)–C–C–N with tert-alkyl or cyclic N) is 1. The Morgan fingerprint density at radius 1 is 1.03 bits per heavy atom. The third-order valence-corrected chi connectivity index (χ3v) is 5.56. The molecule has 0 fully saturated rings. The van der Waals surface area contributed by atoms with Gasteiger partial charge in [-0.15, -0.1) is 0 Å². The van der Waals surface area contributed by atoms with Gasteiger partial charge in [0, 0.05) is 17.6 Å². The molecule has 2 rings (SSSR count). The maximum atomic E-state index is 12.2. The molecule has 3 N–H and O–H groups in total. The van der Waals surface area contributed by atoms with E-state index in [1.165, 1.54) is 4.90 Å². The number of hydrogen-bond acceptors (Lipinski definition) is 4. The minimum Gasteiger partial charge on any atom is -0.497 e. The summed E-state index contributed by atoms with van der Waals surface area (Å²) in [5.74, 6) is 0.809. The van der Waals surface area contributed by atoms with Crippen molar-refractivity contribution in [3.8, 4) is 5.75 Å². The van der Waals surface area contributed by atoms with Crippen LogP contribution < -0.4 is 10.1 Å². The Bertz CT molecular complexity index is 862. The summed E-state index contributed by atoms with van der Waals surface area (Å²) in [6, 6.07) is 17.0. The quantitative estimate of drug-likeness (QED) is 0.509. The Hall–Kier alpha value is -2.57. The number of aliphatic hydroxyl groups excluding tert-OH is 1. The van der Waals surface area contributed by atoms with E-state index in [0.717, 1.165) is 23.3 Å². The predicted molar refractivity (Wildman–Crippen MR) is 128 cm³/mol. The second kappa shape index (κ2) is 10.8. The highest BCUT2D eigenvalue weighted by atomic mass is 16.5. The molecule has 0 aliphatic heterocycles. The fourth-order valence-electron chi connectivity index (χ4n) is 4.05. The van der Waals surface area contributed by atoms with Gasteiger partial charge in [-0.2, -0.15) is 0 Å².